The normalized spacial score (nSPS) is 11.7. The van der Waals surface area contributed by atoms with Crippen LogP contribution in [0.2, 0.25) is 15.1 Å². The molecule has 0 saturated heterocycles. The van der Waals surface area contributed by atoms with Crippen LogP contribution < -0.4 is 4.80 Å². The van der Waals surface area contributed by atoms with E-state index in [1.54, 1.807) is 19.1 Å². The fraction of sp³-hybridized carbons (Fsp3) is 0.167. The van der Waals surface area contributed by atoms with Crippen molar-refractivity contribution in [1.29, 1.82) is 0 Å². The molecule has 1 amide bonds. The predicted octanol–water partition coefficient (Wildman–Crippen LogP) is 4.88. The SMILES string of the molecule is CCOC(=O)Cn1c(=NC(=O)c2cc([N+](=O)[O-])ccc2Cl)sc2ccc(Cl)c(Cl)c21. The van der Waals surface area contributed by atoms with Crippen LogP contribution in [0, 0.1) is 10.1 Å². The van der Waals surface area contributed by atoms with Gasteiger partial charge in [0.05, 0.1) is 42.4 Å². The number of aromatic nitrogens is 1. The number of halogens is 3. The summed E-state index contributed by atoms with van der Waals surface area (Å²) in [6.45, 7) is 1.57. The summed E-state index contributed by atoms with van der Waals surface area (Å²) in [6.07, 6.45) is 0. The molecule has 3 rings (SSSR count). The Morgan fingerprint density at radius 1 is 1.20 bits per heavy atom. The van der Waals surface area contributed by atoms with Gasteiger partial charge in [-0.3, -0.25) is 19.7 Å². The van der Waals surface area contributed by atoms with Crippen LogP contribution in [0.25, 0.3) is 10.2 Å². The van der Waals surface area contributed by atoms with Gasteiger partial charge in [0.25, 0.3) is 11.6 Å². The number of fused-ring (bicyclic) bond motifs is 1. The molecule has 0 spiro atoms. The Labute approximate surface area is 188 Å². The minimum absolute atomic E-state index is 0.00785. The maximum Gasteiger partial charge on any atom is 0.326 e. The van der Waals surface area contributed by atoms with E-state index in [0.717, 1.165) is 17.4 Å². The van der Waals surface area contributed by atoms with Gasteiger partial charge in [-0.05, 0) is 25.1 Å². The summed E-state index contributed by atoms with van der Waals surface area (Å²) < 4.78 is 7.03. The van der Waals surface area contributed by atoms with Crippen LogP contribution in [0.1, 0.15) is 17.3 Å². The zero-order chi connectivity index (χ0) is 22.0. The Bertz CT molecular complexity index is 1250. The average Bonchev–Trinajstić information content (AvgIpc) is 3.02. The van der Waals surface area contributed by atoms with Crippen molar-refractivity contribution in [2.45, 2.75) is 13.5 Å². The summed E-state index contributed by atoms with van der Waals surface area (Å²) in [6, 6.07) is 6.74. The highest BCUT2D eigenvalue weighted by Crippen LogP contribution is 2.32. The van der Waals surface area contributed by atoms with Crippen molar-refractivity contribution >= 4 is 73.9 Å². The number of benzene rings is 2. The number of thiazole rings is 1. The summed E-state index contributed by atoms with van der Waals surface area (Å²) in [5, 5.41) is 11.5. The Balaban J connectivity index is 2.20. The highest BCUT2D eigenvalue weighted by atomic mass is 35.5. The van der Waals surface area contributed by atoms with Crippen molar-refractivity contribution in [2.24, 2.45) is 4.99 Å². The molecule has 30 heavy (non-hydrogen) atoms. The molecule has 0 aliphatic heterocycles. The lowest BCUT2D eigenvalue weighted by Crippen LogP contribution is -2.23. The van der Waals surface area contributed by atoms with Gasteiger partial charge >= 0.3 is 5.97 Å². The fourth-order valence-corrected chi connectivity index (χ4v) is 4.32. The fourth-order valence-electron chi connectivity index (χ4n) is 2.61. The van der Waals surface area contributed by atoms with Crippen molar-refractivity contribution in [3.63, 3.8) is 0 Å². The van der Waals surface area contributed by atoms with E-state index in [9.17, 15) is 19.7 Å². The van der Waals surface area contributed by atoms with E-state index in [-0.39, 0.29) is 44.3 Å². The van der Waals surface area contributed by atoms with Crippen molar-refractivity contribution in [3.8, 4) is 0 Å². The Kier molecular flexibility index (Phi) is 6.77. The van der Waals surface area contributed by atoms with Crippen LogP contribution in [0.15, 0.2) is 35.3 Å². The smallest absolute Gasteiger partial charge is 0.326 e. The molecule has 0 aliphatic carbocycles. The molecule has 0 aliphatic rings. The van der Waals surface area contributed by atoms with E-state index in [0.29, 0.717) is 10.2 Å². The first kappa shape index (κ1) is 22.2. The van der Waals surface area contributed by atoms with E-state index in [1.807, 2.05) is 0 Å². The van der Waals surface area contributed by atoms with Gasteiger partial charge in [-0.25, -0.2) is 0 Å². The van der Waals surface area contributed by atoms with Crippen LogP contribution in [0.4, 0.5) is 5.69 Å². The molecule has 3 aromatic rings. The number of carbonyl (C=O) groups is 2. The van der Waals surface area contributed by atoms with Crippen LogP contribution in [0.3, 0.4) is 0 Å². The quantitative estimate of drug-likeness (QED) is 0.289. The maximum atomic E-state index is 12.7. The molecule has 156 valence electrons. The van der Waals surface area contributed by atoms with Gasteiger partial charge in [0.1, 0.15) is 6.54 Å². The minimum atomic E-state index is -0.810. The molecule has 0 radical (unpaired) electrons. The third kappa shape index (κ3) is 4.49. The molecule has 8 nitrogen and oxygen atoms in total. The van der Waals surface area contributed by atoms with Crippen molar-refractivity contribution < 1.29 is 19.2 Å². The van der Waals surface area contributed by atoms with E-state index >= 15 is 0 Å². The molecule has 0 saturated carbocycles. The summed E-state index contributed by atoms with van der Waals surface area (Å²) in [4.78, 5) is 39.4. The highest BCUT2D eigenvalue weighted by molar-refractivity contribution is 7.16. The summed E-state index contributed by atoms with van der Waals surface area (Å²) in [7, 11) is 0. The van der Waals surface area contributed by atoms with E-state index in [1.165, 1.54) is 16.7 Å². The maximum absolute atomic E-state index is 12.7. The number of ether oxygens (including phenoxy) is 1. The first-order valence-electron chi connectivity index (χ1n) is 8.39. The largest absolute Gasteiger partial charge is 0.465 e. The number of hydrogen-bond donors (Lipinski definition) is 0. The number of non-ortho nitro benzene ring substituents is 1. The zero-order valence-corrected chi connectivity index (χ0v) is 18.3. The molecule has 0 fully saturated rings. The van der Waals surface area contributed by atoms with Gasteiger partial charge in [-0.2, -0.15) is 4.99 Å². The Morgan fingerprint density at radius 3 is 2.57 bits per heavy atom. The van der Waals surface area contributed by atoms with Crippen LogP contribution >= 0.6 is 46.1 Å². The lowest BCUT2D eigenvalue weighted by Gasteiger charge is -2.07. The summed E-state index contributed by atoms with van der Waals surface area (Å²) >= 11 is 19.5. The molecule has 12 heteroatoms. The van der Waals surface area contributed by atoms with Gasteiger partial charge in [0.2, 0.25) is 0 Å². The summed E-state index contributed by atoms with van der Waals surface area (Å²) in [5.74, 6) is -1.37. The number of esters is 1. The first-order valence-corrected chi connectivity index (χ1v) is 10.3. The second kappa shape index (κ2) is 9.13. The van der Waals surface area contributed by atoms with Gasteiger partial charge in [0, 0.05) is 12.1 Å². The van der Waals surface area contributed by atoms with Crippen LogP contribution in [-0.4, -0.2) is 28.0 Å². The molecule has 1 aromatic heterocycles. The monoisotopic (exact) mass is 487 g/mol. The minimum Gasteiger partial charge on any atom is -0.465 e. The molecule has 0 unspecified atom stereocenters. The second-order valence-electron chi connectivity index (χ2n) is 5.82. The number of carbonyl (C=O) groups excluding carboxylic acids is 2. The van der Waals surface area contributed by atoms with E-state index < -0.39 is 16.8 Å². The van der Waals surface area contributed by atoms with Gasteiger partial charge in [0.15, 0.2) is 4.80 Å². The Morgan fingerprint density at radius 2 is 1.90 bits per heavy atom. The summed E-state index contributed by atoms with van der Waals surface area (Å²) in [5.41, 5.74) is -0.0300. The number of amides is 1. The number of nitrogens with zero attached hydrogens (tertiary/aromatic N) is 3. The number of nitro benzene ring substituents is 1. The van der Waals surface area contributed by atoms with Crippen molar-refractivity contribution in [2.75, 3.05) is 6.61 Å². The third-order valence-electron chi connectivity index (χ3n) is 3.91. The number of nitro groups is 1. The van der Waals surface area contributed by atoms with Crippen molar-refractivity contribution in [3.05, 3.63) is 65.9 Å². The predicted molar refractivity (Wildman–Crippen MR) is 114 cm³/mol. The lowest BCUT2D eigenvalue weighted by molar-refractivity contribution is -0.384. The zero-order valence-electron chi connectivity index (χ0n) is 15.2. The lowest BCUT2D eigenvalue weighted by atomic mass is 10.2. The third-order valence-corrected chi connectivity index (χ3v) is 6.08. The van der Waals surface area contributed by atoms with Crippen LogP contribution in [-0.2, 0) is 16.1 Å². The molecule has 0 N–H and O–H groups in total. The molecule has 0 atom stereocenters. The number of rotatable bonds is 5. The highest BCUT2D eigenvalue weighted by Gasteiger charge is 2.19. The van der Waals surface area contributed by atoms with Crippen molar-refractivity contribution in [1.82, 2.24) is 4.57 Å². The van der Waals surface area contributed by atoms with E-state index in [4.69, 9.17) is 39.5 Å². The van der Waals surface area contributed by atoms with Gasteiger partial charge in [-0.15, -0.1) is 0 Å². The van der Waals surface area contributed by atoms with Crippen LogP contribution in [0.5, 0.6) is 0 Å². The topological polar surface area (TPSA) is 104 Å². The molecule has 0 bridgehead atoms. The first-order chi connectivity index (χ1) is 14.2. The van der Waals surface area contributed by atoms with Gasteiger partial charge in [-0.1, -0.05) is 46.1 Å². The average molecular weight is 489 g/mol. The standard InChI is InChI=1S/C18H12Cl3N3O5S/c1-2-29-14(25)8-23-16-13(6-5-12(20)15(16)21)30-18(23)22-17(26)10-7-9(24(27)28)3-4-11(10)19/h3-7H,2,8H2,1H3. The second-order valence-corrected chi connectivity index (χ2v) is 8.02. The number of hydrogen-bond acceptors (Lipinski definition) is 6. The Hall–Kier alpha value is -2.46. The van der Waals surface area contributed by atoms with Gasteiger partial charge < -0.3 is 9.30 Å². The molecular weight excluding hydrogens is 477 g/mol. The molecule has 2 aromatic carbocycles. The molecule has 1 heterocycles. The molecular formula is C18H12Cl3N3O5S. The van der Waals surface area contributed by atoms with E-state index in [2.05, 4.69) is 4.99 Å².